The summed E-state index contributed by atoms with van der Waals surface area (Å²) in [6.07, 6.45) is 0.526. The molecule has 0 fully saturated rings. The largest absolute Gasteiger partial charge is 0.444 e. The van der Waals surface area contributed by atoms with Gasteiger partial charge < -0.3 is 4.74 Å². The zero-order valence-electron chi connectivity index (χ0n) is 14.1. The number of nitrogens with zero attached hydrogens (tertiary/aromatic N) is 1. The molecule has 7 heteroatoms. The van der Waals surface area contributed by atoms with Crippen molar-refractivity contribution >= 4 is 29.3 Å². The lowest BCUT2D eigenvalue weighted by Gasteiger charge is -2.20. The molecule has 0 bridgehead atoms. The van der Waals surface area contributed by atoms with Gasteiger partial charge in [0.25, 0.3) is 0 Å². The number of anilines is 1. The molecule has 1 heterocycles. The molecule has 0 spiro atoms. The molecule has 0 aliphatic carbocycles. The van der Waals surface area contributed by atoms with Crippen molar-refractivity contribution < 1.29 is 18.7 Å². The quantitative estimate of drug-likeness (QED) is 0.802. The Balaban J connectivity index is 2.23. The molecular weight excluding hydrogens is 347 g/mol. The number of rotatable bonds is 4. The van der Waals surface area contributed by atoms with E-state index in [4.69, 9.17) is 16.3 Å². The lowest BCUT2D eigenvalue weighted by Crippen LogP contribution is -2.28. The third-order valence-corrected chi connectivity index (χ3v) is 3.23. The summed E-state index contributed by atoms with van der Waals surface area (Å²) in [6, 6.07) is 7.14. The normalized spacial score (nSPS) is 11.1. The van der Waals surface area contributed by atoms with Crippen LogP contribution in [0.3, 0.4) is 0 Å². The third-order valence-electron chi connectivity index (χ3n) is 3.03. The average molecular weight is 365 g/mol. The van der Waals surface area contributed by atoms with Crippen molar-refractivity contribution in [1.82, 2.24) is 4.98 Å². The van der Waals surface area contributed by atoms with Crippen LogP contribution in [-0.2, 0) is 11.2 Å². The number of ether oxygens (including phenoxy) is 1. The first-order valence-corrected chi connectivity index (χ1v) is 7.95. The first-order valence-electron chi connectivity index (χ1n) is 7.57. The Hall–Kier alpha value is -2.47. The first kappa shape index (κ1) is 18.9. The number of aromatic nitrogens is 1. The Kier molecular flexibility index (Phi) is 5.74. The van der Waals surface area contributed by atoms with E-state index in [9.17, 15) is 14.0 Å². The minimum atomic E-state index is -0.734. The lowest BCUT2D eigenvalue weighted by molar-refractivity contribution is 0.0635. The second-order valence-electron chi connectivity index (χ2n) is 6.41. The van der Waals surface area contributed by atoms with Crippen LogP contribution in [0.1, 0.15) is 36.7 Å². The van der Waals surface area contributed by atoms with E-state index in [2.05, 4.69) is 10.3 Å². The van der Waals surface area contributed by atoms with E-state index >= 15 is 0 Å². The fourth-order valence-corrected chi connectivity index (χ4v) is 2.24. The molecule has 0 atom stereocenters. The minimum Gasteiger partial charge on any atom is -0.444 e. The van der Waals surface area contributed by atoms with Crippen molar-refractivity contribution in [2.45, 2.75) is 32.8 Å². The van der Waals surface area contributed by atoms with E-state index in [1.165, 1.54) is 30.5 Å². The summed E-state index contributed by atoms with van der Waals surface area (Å²) in [4.78, 5) is 28.5. The highest BCUT2D eigenvalue weighted by molar-refractivity contribution is 6.31. The molecule has 0 aliphatic rings. The van der Waals surface area contributed by atoms with Crippen molar-refractivity contribution in [2.75, 3.05) is 5.32 Å². The maximum Gasteiger partial charge on any atom is 0.413 e. The molecule has 0 saturated carbocycles. The zero-order chi connectivity index (χ0) is 18.6. The predicted octanol–water partition coefficient (Wildman–Crippen LogP) is 4.65. The number of pyridine rings is 1. The predicted molar refractivity (Wildman–Crippen MR) is 93.5 cm³/mol. The highest BCUT2D eigenvalue weighted by Gasteiger charge is 2.20. The van der Waals surface area contributed by atoms with E-state index in [0.717, 1.165) is 0 Å². The summed E-state index contributed by atoms with van der Waals surface area (Å²) < 4.78 is 18.4. The van der Waals surface area contributed by atoms with Gasteiger partial charge in [-0.1, -0.05) is 23.7 Å². The molecule has 0 aliphatic heterocycles. The van der Waals surface area contributed by atoms with E-state index in [1.54, 1.807) is 26.8 Å². The van der Waals surface area contributed by atoms with Crippen LogP contribution in [0.4, 0.5) is 15.0 Å². The van der Waals surface area contributed by atoms with Gasteiger partial charge in [0.05, 0.1) is 10.6 Å². The van der Waals surface area contributed by atoms with Crippen LogP contribution in [0, 0.1) is 5.82 Å². The molecule has 132 valence electrons. The van der Waals surface area contributed by atoms with E-state index in [-0.39, 0.29) is 28.6 Å². The Morgan fingerprint density at radius 3 is 2.64 bits per heavy atom. The summed E-state index contributed by atoms with van der Waals surface area (Å²) in [5.74, 6) is -0.742. The monoisotopic (exact) mass is 364 g/mol. The first-order chi connectivity index (χ1) is 11.6. The van der Waals surface area contributed by atoms with Gasteiger partial charge in [0, 0.05) is 12.6 Å². The summed E-state index contributed by atoms with van der Waals surface area (Å²) in [5, 5.41) is 2.69. The van der Waals surface area contributed by atoms with Crippen LogP contribution < -0.4 is 5.32 Å². The fraction of sp³-hybridized carbons (Fsp3) is 0.278. The van der Waals surface area contributed by atoms with Crippen molar-refractivity contribution in [3.05, 3.63) is 58.5 Å². The molecule has 0 saturated heterocycles. The fourth-order valence-electron chi connectivity index (χ4n) is 2.08. The number of carbonyl (C=O) groups excluding carboxylic acids is 2. The number of carbonyl (C=O) groups is 2. The summed E-state index contributed by atoms with van der Waals surface area (Å²) in [6.45, 7) is 5.16. The number of benzene rings is 1. The van der Waals surface area contributed by atoms with E-state index in [0.29, 0.717) is 5.56 Å². The topological polar surface area (TPSA) is 68.3 Å². The van der Waals surface area contributed by atoms with Gasteiger partial charge in [0.15, 0.2) is 5.78 Å². The highest BCUT2D eigenvalue weighted by Crippen LogP contribution is 2.21. The number of hydrogen-bond acceptors (Lipinski definition) is 4. The van der Waals surface area contributed by atoms with Crippen molar-refractivity contribution in [1.29, 1.82) is 0 Å². The SMILES string of the molecule is CC(C)(C)OC(=O)Nc1ncc(Cl)cc1C(=O)Cc1cccc(F)c1. The number of halogens is 2. The molecular formula is C18H18ClFN2O3. The standard InChI is InChI=1S/C18H18ClFN2O3/c1-18(2,3)25-17(24)22-16-14(9-12(19)10-21-16)15(23)8-11-5-4-6-13(20)7-11/h4-7,9-10H,8H2,1-3H3,(H,21,22,24). The van der Waals surface area contributed by atoms with Crippen LogP contribution >= 0.6 is 11.6 Å². The third kappa shape index (κ3) is 5.83. The molecule has 5 nitrogen and oxygen atoms in total. The van der Waals surface area contributed by atoms with Gasteiger partial charge in [0.1, 0.15) is 17.2 Å². The van der Waals surface area contributed by atoms with E-state index in [1.807, 2.05) is 0 Å². The Bertz CT molecular complexity index is 803. The number of ketones is 1. The minimum absolute atomic E-state index is 0.0417. The molecule has 25 heavy (non-hydrogen) atoms. The molecule has 1 aromatic carbocycles. The van der Waals surface area contributed by atoms with Gasteiger partial charge in [-0.15, -0.1) is 0 Å². The van der Waals surface area contributed by atoms with Crippen LogP contribution in [0.5, 0.6) is 0 Å². The van der Waals surface area contributed by atoms with Crippen molar-refractivity contribution in [3.8, 4) is 0 Å². The average Bonchev–Trinajstić information content (AvgIpc) is 2.47. The van der Waals surface area contributed by atoms with Gasteiger partial charge in [0.2, 0.25) is 0 Å². The van der Waals surface area contributed by atoms with Gasteiger partial charge in [-0.05, 0) is 44.5 Å². The second-order valence-corrected chi connectivity index (χ2v) is 6.84. The number of hydrogen-bond donors (Lipinski definition) is 1. The number of nitrogens with one attached hydrogen (secondary N) is 1. The van der Waals surface area contributed by atoms with Crippen LogP contribution in [0.25, 0.3) is 0 Å². The lowest BCUT2D eigenvalue weighted by atomic mass is 10.0. The smallest absolute Gasteiger partial charge is 0.413 e. The molecule has 2 rings (SSSR count). The molecule has 1 N–H and O–H groups in total. The second kappa shape index (κ2) is 7.61. The molecule has 0 radical (unpaired) electrons. The van der Waals surface area contributed by atoms with Crippen LogP contribution in [0.2, 0.25) is 5.02 Å². The highest BCUT2D eigenvalue weighted by atomic mass is 35.5. The van der Waals surface area contributed by atoms with Crippen molar-refractivity contribution in [2.24, 2.45) is 0 Å². The molecule has 1 aromatic heterocycles. The zero-order valence-corrected chi connectivity index (χ0v) is 14.9. The maximum atomic E-state index is 13.3. The molecule has 1 amide bonds. The van der Waals surface area contributed by atoms with Crippen LogP contribution in [-0.4, -0.2) is 22.5 Å². The summed E-state index contributed by atoms with van der Waals surface area (Å²) in [7, 11) is 0. The number of Topliss-reactive ketones (excluding diaryl/α,β-unsaturated/α-hetero) is 1. The summed E-state index contributed by atoms with van der Waals surface area (Å²) >= 11 is 5.91. The Labute approximate surface area is 150 Å². The summed E-state index contributed by atoms with van der Waals surface area (Å²) in [5.41, 5.74) is -0.0572. The molecule has 2 aromatic rings. The maximum absolute atomic E-state index is 13.3. The molecule has 0 unspecified atom stereocenters. The van der Waals surface area contributed by atoms with Crippen molar-refractivity contribution in [3.63, 3.8) is 0 Å². The number of amides is 1. The van der Waals surface area contributed by atoms with Gasteiger partial charge in [-0.3, -0.25) is 10.1 Å². The van der Waals surface area contributed by atoms with E-state index < -0.39 is 17.5 Å². The van der Waals surface area contributed by atoms with Gasteiger partial charge >= 0.3 is 6.09 Å². The Morgan fingerprint density at radius 1 is 1.28 bits per heavy atom. The van der Waals surface area contributed by atoms with Gasteiger partial charge in [-0.2, -0.15) is 0 Å². The Morgan fingerprint density at radius 2 is 2.00 bits per heavy atom. The van der Waals surface area contributed by atoms with Gasteiger partial charge in [-0.25, -0.2) is 14.2 Å². The van der Waals surface area contributed by atoms with Crippen LogP contribution in [0.15, 0.2) is 36.5 Å².